The number of hydrogen-bond acceptors (Lipinski definition) is 4. The van der Waals surface area contributed by atoms with Crippen molar-refractivity contribution in [3.63, 3.8) is 0 Å². The van der Waals surface area contributed by atoms with Crippen LogP contribution >= 0.6 is 12.2 Å². The first-order valence-corrected chi connectivity index (χ1v) is 5.31. The number of H-pyrrole nitrogens is 1. The lowest BCUT2D eigenvalue weighted by Crippen LogP contribution is -2.07. The molecule has 5 nitrogen and oxygen atoms in total. The van der Waals surface area contributed by atoms with Gasteiger partial charge in [-0.1, -0.05) is 0 Å². The normalized spacial score (nSPS) is 10.5. The van der Waals surface area contributed by atoms with E-state index in [0.717, 1.165) is 0 Å². The van der Waals surface area contributed by atoms with Gasteiger partial charge in [-0.05, 0) is 38.2 Å². The minimum Gasteiger partial charge on any atom is -0.478 e. The molecule has 0 saturated carbocycles. The van der Waals surface area contributed by atoms with Gasteiger partial charge < -0.3 is 14.5 Å². The van der Waals surface area contributed by atoms with Crippen LogP contribution in [0.3, 0.4) is 0 Å². The fraction of sp³-hybridized carbons (Fsp3) is 0.182. The molecule has 0 radical (unpaired) electrons. The van der Waals surface area contributed by atoms with Crippen LogP contribution in [0.5, 0.6) is 0 Å². The van der Waals surface area contributed by atoms with E-state index in [2.05, 4.69) is 9.97 Å². The maximum atomic E-state index is 11.2. The van der Waals surface area contributed by atoms with Gasteiger partial charge in [-0.25, -0.2) is 9.78 Å². The van der Waals surface area contributed by atoms with Crippen LogP contribution < -0.4 is 0 Å². The van der Waals surface area contributed by atoms with E-state index in [9.17, 15) is 4.79 Å². The summed E-state index contributed by atoms with van der Waals surface area (Å²) in [5.74, 6) is 0.0305. The molecule has 0 spiro atoms. The van der Waals surface area contributed by atoms with Crippen molar-refractivity contribution < 1.29 is 14.3 Å². The van der Waals surface area contributed by atoms with Crippen molar-refractivity contribution in [2.75, 3.05) is 0 Å². The fourth-order valence-corrected chi connectivity index (χ4v) is 1.83. The zero-order valence-corrected chi connectivity index (χ0v) is 10.1. The lowest BCUT2D eigenvalue weighted by Gasteiger charge is -2.05. The molecule has 17 heavy (non-hydrogen) atoms. The predicted molar refractivity (Wildman–Crippen MR) is 63.6 cm³/mol. The minimum absolute atomic E-state index is 0.0768. The van der Waals surface area contributed by atoms with Crippen LogP contribution in [0.1, 0.15) is 21.8 Å². The Morgan fingerprint density at radius 3 is 2.71 bits per heavy atom. The molecule has 2 aromatic rings. The molecule has 0 atom stereocenters. The highest BCUT2D eigenvalue weighted by Gasteiger charge is 2.19. The monoisotopic (exact) mass is 250 g/mol. The molecule has 0 fully saturated rings. The highest BCUT2D eigenvalue weighted by molar-refractivity contribution is 7.71. The maximum absolute atomic E-state index is 11.2. The van der Waals surface area contributed by atoms with Gasteiger partial charge in [0.05, 0.1) is 0 Å². The Balaban J connectivity index is 2.75. The first-order chi connectivity index (χ1) is 7.99. The van der Waals surface area contributed by atoms with Gasteiger partial charge in [0.25, 0.3) is 0 Å². The van der Waals surface area contributed by atoms with E-state index in [4.69, 9.17) is 21.7 Å². The van der Waals surface area contributed by atoms with Crippen molar-refractivity contribution in [2.45, 2.75) is 13.8 Å². The number of hydrogen-bond donors (Lipinski definition) is 2. The van der Waals surface area contributed by atoms with E-state index in [0.29, 0.717) is 17.2 Å². The fourth-order valence-electron chi connectivity index (χ4n) is 1.59. The van der Waals surface area contributed by atoms with E-state index in [1.807, 2.05) is 0 Å². The van der Waals surface area contributed by atoms with Gasteiger partial charge in [-0.15, -0.1) is 0 Å². The zero-order valence-electron chi connectivity index (χ0n) is 9.27. The van der Waals surface area contributed by atoms with Gasteiger partial charge in [0.15, 0.2) is 10.5 Å². The number of nitrogens with one attached hydrogen (secondary N) is 1. The molecule has 0 unspecified atom stereocenters. The molecule has 0 aliphatic heterocycles. The van der Waals surface area contributed by atoms with Gasteiger partial charge in [0.2, 0.25) is 0 Å². The number of carboxylic acids is 1. The average Bonchev–Trinajstić information content (AvgIpc) is 2.62. The highest BCUT2D eigenvalue weighted by Crippen LogP contribution is 2.24. The third-order valence-corrected chi connectivity index (χ3v) is 2.50. The summed E-state index contributed by atoms with van der Waals surface area (Å²) < 4.78 is 5.62. The van der Waals surface area contributed by atoms with Gasteiger partial charge in [-0.3, -0.25) is 0 Å². The maximum Gasteiger partial charge on any atom is 0.339 e. The first-order valence-electron chi connectivity index (χ1n) is 4.90. The number of nitrogens with zero attached hydrogens (tertiary/aromatic N) is 1. The zero-order chi connectivity index (χ0) is 12.6. The van der Waals surface area contributed by atoms with E-state index < -0.39 is 5.97 Å². The molecule has 0 aliphatic rings. The van der Waals surface area contributed by atoms with Crippen LogP contribution in [0.2, 0.25) is 0 Å². The van der Waals surface area contributed by atoms with Crippen molar-refractivity contribution >= 4 is 18.2 Å². The molecule has 0 saturated heterocycles. The average molecular weight is 250 g/mol. The Bertz CT molecular complexity index is 642. The van der Waals surface area contributed by atoms with Crippen LogP contribution in [0.25, 0.3) is 11.5 Å². The summed E-state index contributed by atoms with van der Waals surface area (Å²) in [6.45, 7) is 3.42. The molecule has 6 heteroatoms. The summed E-state index contributed by atoms with van der Waals surface area (Å²) in [4.78, 5) is 17.9. The highest BCUT2D eigenvalue weighted by atomic mass is 32.1. The second-order valence-electron chi connectivity index (χ2n) is 3.61. The summed E-state index contributed by atoms with van der Waals surface area (Å²) in [6.07, 6.45) is 0. The number of carbonyl (C=O) groups is 1. The van der Waals surface area contributed by atoms with E-state index >= 15 is 0 Å². The molecule has 0 aromatic carbocycles. The Morgan fingerprint density at radius 1 is 1.47 bits per heavy atom. The molecule has 88 valence electrons. The van der Waals surface area contributed by atoms with Crippen molar-refractivity contribution in [2.24, 2.45) is 0 Å². The van der Waals surface area contributed by atoms with Crippen molar-refractivity contribution in [3.05, 3.63) is 33.9 Å². The molecule has 2 aromatic heterocycles. The van der Waals surface area contributed by atoms with Gasteiger partial charge in [0, 0.05) is 5.69 Å². The smallest absolute Gasteiger partial charge is 0.339 e. The topological polar surface area (TPSA) is 79.1 Å². The molecular weight excluding hydrogens is 240 g/mol. The summed E-state index contributed by atoms with van der Waals surface area (Å²) >= 11 is 4.94. The second-order valence-corrected chi connectivity index (χ2v) is 3.99. The van der Waals surface area contributed by atoms with Crippen molar-refractivity contribution in [1.82, 2.24) is 9.97 Å². The number of furan rings is 1. The summed E-state index contributed by atoms with van der Waals surface area (Å²) in [5.41, 5.74) is 0.793. The number of carboxylic acid groups (broad SMARTS) is 1. The summed E-state index contributed by atoms with van der Waals surface area (Å²) in [7, 11) is 0. The molecule has 2 rings (SSSR count). The summed E-state index contributed by atoms with van der Waals surface area (Å²) in [5, 5.41) is 9.17. The van der Waals surface area contributed by atoms with E-state index in [-0.39, 0.29) is 16.0 Å². The summed E-state index contributed by atoms with van der Waals surface area (Å²) in [6, 6.07) is 3.43. The number of aryl methyl sites for hydroxylation is 2. The van der Waals surface area contributed by atoms with E-state index in [1.165, 1.54) is 0 Å². The van der Waals surface area contributed by atoms with Gasteiger partial charge in [0.1, 0.15) is 17.0 Å². The van der Waals surface area contributed by atoms with Crippen molar-refractivity contribution in [3.8, 4) is 11.5 Å². The van der Waals surface area contributed by atoms with Crippen molar-refractivity contribution in [1.29, 1.82) is 0 Å². The number of aromatic amines is 1. The minimum atomic E-state index is -1.06. The molecule has 2 heterocycles. The number of aromatic nitrogens is 2. The Kier molecular flexibility index (Phi) is 2.81. The molecular formula is C11H10N2O3S. The molecule has 0 amide bonds. The van der Waals surface area contributed by atoms with Crippen LogP contribution in [0.15, 0.2) is 16.5 Å². The number of rotatable bonds is 2. The van der Waals surface area contributed by atoms with Crippen LogP contribution in [-0.4, -0.2) is 21.0 Å². The predicted octanol–water partition coefficient (Wildman–Crippen LogP) is 2.71. The SMILES string of the molecule is Cc1ccc(-c2nc(=S)[nH]c(C)c2C(=O)O)o1. The number of aromatic carboxylic acids is 1. The van der Waals surface area contributed by atoms with Crippen LogP contribution in [0.4, 0.5) is 0 Å². The third kappa shape index (κ3) is 2.12. The quantitative estimate of drug-likeness (QED) is 0.801. The largest absolute Gasteiger partial charge is 0.478 e. The Morgan fingerprint density at radius 2 is 2.18 bits per heavy atom. The first kappa shape index (κ1) is 11.5. The van der Waals surface area contributed by atoms with Gasteiger partial charge >= 0.3 is 5.97 Å². The second kappa shape index (κ2) is 4.14. The standard InChI is InChI=1S/C11H10N2O3S/c1-5-3-4-7(16-5)9-8(10(14)15)6(2)12-11(17)13-9/h3-4H,1-2H3,(H,14,15)(H,12,13,17). The Hall–Kier alpha value is -1.95. The lowest BCUT2D eigenvalue weighted by molar-refractivity contribution is 0.0695. The Labute approximate surface area is 102 Å². The van der Waals surface area contributed by atoms with E-state index in [1.54, 1.807) is 26.0 Å². The lowest BCUT2D eigenvalue weighted by atomic mass is 10.1. The molecule has 0 bridgehead atoms. The molecule has 2 N–H and O–H groups in total. The third-order valence-electron chi connectivity index (χ3n) is 2.31. The van der Waals surface area contributed by atoms with Crippen LogP contribution in [-0.2, 0) is 0 Å². The van der Waals surface area contributed by atoms with Gasteiger partial charge in [-0.2, -0.15) is 0 Å². The van der Waals surface area contributed by atoms with Crippen LogP contribution in [0, 0.1) is 18.6 Å². The molecule has 0 aliphatic carbocycles.